The standard InChI is InChI=1S/C21H22Cl2N6/c22-15-1-4-17(23)14(11-15)13-28-7-9-29(10-8-28)21-20(25-16-2-3-16)26-18-5-6-24-12-19(18)27-21/h1,4-6,11-12,16H,2-3,7-10,13H2,(H,25,26). The first-order valence-corrected chi connectivity index (χ1v) is 10.7. The first-order valence-electron chi connectivity index (χ1n) is 9.95. The summed E-state index contributed by atoms with van der Waals surface area (Å²) in [6, 6.07) is 8.08. The van der Waals surface area contributed by atoms with Gasteiger partial charge in [-0.05, 0) is 42.7 Å². The topological polar surface area (TPSA) is 57.2 Å². The number of nitrogens with one attached hydrogen (secondary N) is 1. The summed E-state index contributed by atoms with van der Waals surface area (Å²) in [6.07, 6.45) is 5.94. The van der Waals surface area contributed by atoms with Gasteiger partial charge in [-0.1, -0.05) is 23.2 Å². The highest BCUT2D eigenvalue weighted by molar-refractivity contribution is 6.33. The monoisotopic (exact) mass is 428 g/mol. The number of fused-ring (bicyclic) bond motifs is 1. The number of hydrogen-bond donors (Lipinski definition) is 1. The third-order valence-electron chi connectivity index (χ3n) is 5.44. The van der Waals surface area contributed by atoms with Gasteiger partial charge in [-0.15, -0.1) is 0 Å². The Morgan fingerprint density at radius 1 is 1.00 bits per heavy atom. The van der Waals surface area contributed by atoms with E-state index in [0.717, 1.165) is 71.0 Å². The minimum Gasteiger partial charge on any atom is -0.364 e. The Labute approximate surface area is 179 Å². The first kappa shape index (κ1) is 18.9. The lowest BCUT2D eigenvalue weighted by molar-refractivity contribution is 0.249. The molecule has 1 aliphatic heterocycles. The van der Waals surface area contributed by atoms with E-state index >= 15 is 0 Å². The van der Waals surface area contributed by atoms with Crippen LogP contribution < -0.4 is 10.2 Å². The molecule has 0 bridgehead atoms. The maximum atomic E-state index is 6.34. The molecule has 0 amide bonds. The lowest BCUT2D eigenvalue weighted by Gasteiger charge is -2.36. The summed E-state index contributed by atoms with van der Waals surface area (Å²) in [5, 5.41) is 5.04. The third-order valence-corrected chi connectivity index (χ3v) is 6.04. The highest BCUT2D eigenvalue weighted by Gasteiger charge is 2.27. The van der Waals surface area contributed by atoms with E-state index < -0.39 is 0 Å². The van der Waals surface area contributed by atoms with Gasteiger partial charge in [-0.2, -0.15) is 0 Å². The molecule has 3 aromatic rings. The number of nitrogens with zero attached hydrogens (tertiary/aromatic N) is 5. The molecule has 29 heavy (non-hydrogen) atoms. The van der Waals surface area contributed by atoms with E-state index in [2.05, 4.69) is 20.1 Å². The Morgan fingerprint density at radius 2 is 1.83 bits per heavy atom. The number of aromatic nitrogens is 3. The molecule has 1 N–H and O–H groups in total. The summed E-state index contributed by atoms with van der Waals surface area (Å²) >= 11 is 12.5. The molecule has 1 aliphatic carbocycles. The van der Waals surface area contributed by atoms with Crippen LogP contribution in [0.15, 0.2) is 36.7 Å². The molecule has 0 spiro atoms. The van der Waals surface area contributed by atoms with Crippen molar-refractivity contribution in [3.05, 3.63) is 52.3 Å². The minimum atomic E-state index is 0.522. The Bertz CT molecular complexity index is 1030. The van der Waals surface area contributed by atoms with E-state index in [9.17, 15) is 0 Å². The lowest BCUT2D eigenvalue weighted by Crippen LogP contribution is -2.46. The summed E-state index contributed by atoms with van der Waals surface area (Å²) in [6.45, 7) is 4.43. The Kier molecular flexibility index (Phi) is 5.16. The fourth-order valence-electron chi connectivity index (χ4n) is 3.66. The SMILES string of the molecule is Clc1ccc(Cl)c(CN2CCN(c3nc4cnccc4nc3NC3CC3)CC2)c1. The summed E-state index contributed by atoms with van der Waals surface area (Å²) in [5.41, 5.74) is 2.78. The summed E-state index contributed by atoms with van der Waals surface area (Å²) in [5.74, 6) is 1.82. The minimum absolute atomic E-state index is 0.522. The van der Waals surface area contributed by atoms with Crippen molar-refractivity contribution in [3.8, 4) is 0 Å². The number of halogens is 2. The predicted molar refractivity (Wildman–Crippen MR) is 118 cm³/mol. The molecule has 2 fully saturated rings. The fourth-order valence-corrected chi connectivity index (χ4v) is 4.03. The zero-order chi connectivity index (χ0) is 19.8. The zero-order valence-corrected chi connectivity index (χ0v) is 17.5. The van der Waals surface area contributed by atoms with E-state index in [1.807, 2.05) is 24.3 Å². The Hall–Kier alpha value is -2.15. The number of pyridine rings is 1. The van der Waals surface area contributed by atoms with Crippen LogP contribution in [0.1, 0.15) is 18.4 Å². The van der Waals surface area contributed by atoms with Gasteiger partial charge >= 0.3 is 0 Å². The average molecular weight is 429 g/mol. The molecule has 1 saturated heterocycles. The molecule has 0 radical (unpaired) electrons. The molecule has 0 atom stereocenters. The maximum absolute atomic E-state index is 6.34. The maximum Gasteiger partial charge on any atom is 0.172 e. The van der Waals surface area contributed by atoms with Crippen molar-refractivity contribution < 1.29 is 0 Å². The highest BCUT2D eigenvalue weighted by Crippen LogP contribution is 2.31. The number of piperazine rings is 1. The van der Waals surface area contributed by atoms with Gasteiger partial charge in [0.2, 0.25) is 0 Å². The van der Waals surface area contributed by atoms with Gasteiger partial charge in [0.05, 0.1) is 11.7 Å². The van der Waals surface area contributed by atoms with Crippen LogP contribution in [-0.4, -0.2) is 52.1 Å². The molecule has 150 valence electrons. The molecule has 3 heterocycles. The molecule has 2 aliphatic rings. The van der Waals surface area contributed by atoms with Gasteiger partial charge in [0, 0.05) is 55.0 Å². The zero-order valence-electron chi connectivity index (χ0n) is 16.0. The van der Waals surface area contributed by atoms with Gasteiger partial charge < -0.3 is 10.2 Å². The molecule has 6 nitrogen and oxygen atoms in total. The lowest BCUT2D eigenvalue weighted by atomic mass is 10.2. The summed E-state index contributed by atoms with van der Waals surface area (Å²) in [7, 11) is 0. The van der Waals surface area contributed by atoms with Gasteiger partial charge in [0.15, 0.2) is 11.6 Å². The molecule has 5 rings (SSSR count). The quantitative estimate of drug-likeness (QED) is 0.655. The second kappa shape index (κ2) is 7.94. The number of hydrogen-bond acceptors (Lipinski definition) is 6. The summed E-state index contributed by atoms with van der Waals surface area (Å²) in [4.78, 5) is 18.7. The second-order valence-electron chi connectivity index (χ2n) is 7.68. The number of anilines is 2. The van der Waals surface area contributed by atoms with Gasteiger partial charge in [0.25, 0.3) is 0 Å². The third kappa shape index (κ3) is 4.25. The van der Waals surface area contributed by atoms with E-state index in [-0.39, 0.29) is 0 Å². The normalized spacial score (nSPS) is 17.7. The molecular formula is C21H22Cl2N6. The summed E-state index contributed by atoms with van der Waals surface area (Å²) < 4.78 is 0. The van der Waals surface area contributed by atoms with Crippen molar-refractivity contribution in [2.45, 2.75) is 25.4 Å². The van der Waals surface area contributed by atoms with Crippen molar-refractivity contribution in [1.29, 1.82) is 0 Å². The van der Waals surface area contributed by atoms with Crippen molar-refractivity contribution in [2.75, 3.05) is 36.4 Å². The van der Waals surface area contributed by atoms with Crippen molar-refractivity contribution in [1.82, 2.24) is 19.9 Å². The molecule has 1 saturated carbocycles. The van der Waals surface area contributed by atoms with Crippen LogP contribution in [0.5, 0.6) is 0 Å². The van der Waals surface area contributed by atoms with E-state index in [0.29, 0.717) is 6.04 Å². The van der Waals surface area contributed by atoms with Crippen molar-refractivity contribution in [2.24, 2.45) is 0 Å². The number of benzene rings is 1. The molecule has 1 aromatic carbocycles. The van der Waals surface area contributed by atoms with Crippen molar-refractivity contribution >= 4 is 45.9 Å². The second-order valence-corrected chi connectivity index (χ2v) is 8.52. The number of rotatable bonds is 5. The average Bonchev–Trinajstić information content (AvgIpc) is 3.55. The van der Waals surface area contributed by atoms with E-state index in [1.54, 1.807) is 12.4 Å². The first-order chi connectivity index (χ1) is 14.2. The Morgan fingerprint density at radius 3 is 2.62 bits per heavy atom. The van der Waals surface area contributed by atoms with E-state index in [1.165, 1.54) is 12.8 Å². The Balaban J connectivity index is 1.33. The van der Waals surface area contributed by atoms with E-state index in [4.69, 9.17) is 33.2 Å². The molecule has 2 aromatic heterocycles. The highest BCUT2D eigenvalue weighted by atomic mass is 35.5. The molecular weight excluding hydrogens is 407 g/mol. The van der Waals surface area contributed by atoms with Crippen molar-refractivity contribution in [3.63, 3.8) is 0 Å². The van der Waals surface area contributed by atoms with Crippen LogP contribution in [0, 0.1) is 0 Å². The van der Waals surface area contributed by atoms with Crippen LogP contribution in [0.4, 0.5) is 11.6 Å². The predicted octanol–water partition coefficient (Wildman–Crippen LogP) is 4.23. The molecule has 8 heteroatoms. The van der Waals surface area contributed by atoms with Gasteiger partial charge in [-0.3, -0.25) is 9.88 Å². The van der Waals surface area contributed by atoms with Crippen LogP contribution in [0.3, 0.4) is 0 Å². The molecule has 0 unspecified atom stereocenters. The largest absolute Gasteiger partial charge is 0.364 e. The van der Waals surface area contributed by atoms with Crippen LogP contribution >= 0.6 is 23.2 Å². The van der Waals surface area contributed by atoms with Gasteiger partial charge in [-0.25, -0.2) is 9.97 Å². The fraction of sp³-hybridized carbons (Fsp3) is 0.381. The smallest absolute Gasteiger partial charge is 0.172 e. The van der Waals surface area contributed by atoms with Crippen LogP contribution in [0.25, 0.3) is 11.0 Å². The van der Waals surface area contributed by atoms with Crippen LogP contribution in [-0.2, 0) is 6.54 Å². The van der Waals surface area contributed by atoms with Crippen LogP contribution in [0.2, 0.25) is 10.0 Å². The van der Waals surface area contributed by atoms with Gasteiger partial charge in [0.1, 0.15) is 5.52 Å².